The summed E-state index contributed by atoms with van der Waals surface area (Å²) >= 11 is 0. The number of nitrogens with zero attached hydrogens (tertiary/aromatic N) is 2. The first-order valence-corrected chi connectivity index (χ1v) is 13.9. The molecule has 188 valence electrons. The van der Waals surface area contributed by atoms with Crippen LogP contribution in [-0.4, -0.2) is 21.8 Å². The maximum absolute atomic E-state index is 14.5. The maximum atomic E-state index is 14.5. The van der Waals surface area contributed by atoms with Crippen molar-refractivity contribution in [1.29, 1.82) is 0 Å². The Labute approximate surface area is 206 Å². The normalized spacial score (nSPS) is 14.9. The first kappa shape index (κ1) is 26.6. The van der Waals surface area contributed by atoms with E-state index in [0.29, 0.717) is 11.1 Å². The standard InChI is InChI=1S/C25H28F2N2O4S2/c1-25(2,21-9-13-23(32-3)14-10-21)22-11-15-24(16-12-22)33-35(27,31)29-18-20-7-5-19(6-8-20)17-28-34(4,26)30/h5-16H,17-18H2,1-4H3. The average Bonchev–Trinajstić information content (AvgIpc) is 2.82. The molecule has 2 unspecified atom stereocenters. The van der Waals surface area contributed by atoms with Crippen molar-refractivity contribution in [2.75, 3.05) is 13.4 Å². The molecule has 0 fully saturated rings. The number of hydrogen-bond donors (Lipinski definition) is 0. The number of rotatable bonds is 9. The van der Waals surface area contributed by atoms with Crippen LogP contribution in [0.15, 0.2) is 81.5 Å². The smallest absolute Gasteiger partial charge is 0.377 e. The second-order valence-corrected chi connectivity index (χ2v) is 11.4. The molecule has 0 aliphatic carbocycles. The summed E-state index contributed by atoms with van der Waals surface area (Å²) < 4.78 is 68.0. The van der Waals surface area contributed by atoms with Crippen molar-refractivity contribution in [2.24, 2.45) is 8.73 Å². The minimum absolute atomic E-state index is 0.0442. The highest BCUT2D eigenvalue weighted by molar-refractivity contribution is 7.87. The van der Waals surface area contributed by atoms with Gasteiger partial charge >= 0.3 is 10.4 Å². The van der Waals surface area contributed by atoms with E-state index in [1.54, 1.807) is 55.6 Å². The summed E-state index contributed by atoms with van der Waals surface area (Å²) in [5.74, 6) is 0.868. The van der Waals surface area contributed by atoms with E-state index in [1.807, 2.05) is 24.3 Å². The maximum Gasteiger partial charge on any atom is 0.377 e. The Bertz CT molecular complexity index is 1380. The Morgan fingerprint density at radius 2 is 1.17 bits per heavy atom. The fourth-order valence-electron chi connectivity index (χ4n) is 3.34. The Morgan fingerprint density at radius 1 is 0.743 bits per heavy atom. The minimum Gasteiger partial charge on any atom is -0.497 e. The van der Waals surface area contributed by atoms with E-state index in [4.69, 9.17) is 8.92 Å². The number of benzene rings is 3. The van der Waals surface area contributed by atoms with Crippen molar-refractivity contribution >= 4 is 20.5 Å². The lowest BCUT2D eigenvalue weighted by atomic mass is 9.78. The summed E-state index contributed by atoms with van der Waals surface area (Å²) in [7, 11) is -6.48. The predicted molar refractivity (Wildman–Crippen MR) is 135 cm³/mol. The molecule has 0 radical (unpaired) electrons. The predicted octanol–water partition coefficient (Wildman–Crippen LogP) is 6.35. The highest BCUT2D eigenvalue weighted by atomic mass is 32.3. The van der Waals surface area contributed by atoms with Crippen LogP contribution in [0.25, 0.3) is 0 Å². The quantitative estimate of drug-likeness (QED) is 0.307. The first-order chi connectivity index (χ1) is 16.4. The summed E-state index contributed by atoms with van der Waals surface area (Å²) in [5.41, 5.74) is 2.93. The molecule has 0 N–H and O–H groups in total. The molecule has 3 aromatic rings. The third-order valence-electron chi connectivity index (χ3n) is 5.49. The van der Waals surface area contributed by atoms with E-state index >= 15 is 0 Å². The van der Waals surface area contributed by atoms with Crippen molar-refractivity contribution in [3.05, 3.63) is 95.1 Å². The van der Waals surface area contributed by atoms with Crippen LogP contribution in [0.5, 0.6) is 11.5 Å². The lowest BCUT2D eigenvalue weighted by Gasteiger charge is -2.26. The lowest BCUT2D eigenvalue weighted by molar-refractivity contribution is 0.414. The number of halogens is 2. The van der Waals surface area contributed by atoms with Crippen molar-refractivity contribution in [2.45, 2.75) is 32.4 Å². The van der Waals surface area contributed by atoms with Crippen LogP contribution in [0.2, 0.25) is 0 Å². The zero-order chi connectivity index (χ0) is 25.7. The molecule has 0 spiro atoms. The van der Waals surface area contributed by atoms with Gasteiger partial charge in [-0.25, -0.2) is 8.57 Å². The van der Waals surface area contributed by atoms with Gasteiger partial charge in [-0.15, -0.1) is 3.89 Å². The highest BCUT2D eigenvalue weighted by Gasteiger charge is 2.23. The van der Waals surface area contributed by atoms with Crippen molar-refractivity contribution < 1.29 is 25.1 Å². The van der Waals surface area contributed by atoms with Crippen molar-refractivity contribution in [3.8, 4) is 11.5 Å². The molecule has 0 amide bonds. The molecule has 35 heavy (non-hydrogen) atoms. The number of methoxy groups -OCH3 is 1. The number of ether oxygens (including phenoxy) is 1. The van der Waals surface area contributed by atoms with Crippen LogP contribution in [0.4, 0.5) is 7.77 Å². The summed E-state index contributed by atoms with van der Waals surface area (Å²) in [6.45, 7) is 3.91. The summed E-state index contributed by atoms with van der Waals surface area (Å²) in [6.07, 6.45) is 0.910. The van der Waals surface area contributed by atoms with E-state index in [0.717, 1.165) is 23.1 Å². The fraction of sp³-hybridized carbons (Fsp3) is 0.280. The van der Waals surface area contributed by atoms with E-state index < -0.39 is 20.5 Å². The second kappa shape index (κ2) is 10.7. The van der Waals surface area contributed by atoms with Gasteiger partial charge in [0.15, 0.2) is 10.1 Å². The van der Waals surface area contributed by atoms with Crippen LogP contribution in [-0.2, 0) is 39.0 Å². The average molecular weight is 523 g/mol. The number of hydrogen-bond acceptors (Lipinski definition) is 6. The monoisotopic (exact) mass is 522 g/mol. The van der Waals surface area contributed by atoms with Gasteiger partial charge in [-0.1, -0.05) is 66.3 Å². The van der Waals surface area contributed by atoms with Crippen molar-refractivity contribution in [3.63, 3.8) is 0 Å². The lowest BCUT2D eigenvalue weighted by Crippen LogP contribution is -2.18. The van der Waals surface area contributed by atoms with E-state index in [1.165, 1.54) is 0 Å². The third-order valence-corrected chi connectivity index (χ3v) is 6.91. The largest absolute Gasteiger partial charge is 0.497 e. The van der Waals surface area contributed by atoms with Gasteiger partial charge in [-0.3, -0.25) is 0 Å². The molecule has 6 nitrogen and oxygen atoms in total. The van der Waals surface area contributed by atoms with Gasteiger partial charge in [-0.2, -0.15) is 8.57 Å². The molecule has 2 atom stereocenters. The SMILES string of the molecule is COc1ccc(C(C)(C)c2ccc(OS(=O)(F)=NCc3ccc(CN=S(C)(=O)F)cc3)cc2)cc1. The summed E-state index contributed by atoms with van der Waals surface area (Å²) in [4.78, 5) is 0. The molecule has 3 rings (SSSR count). The Hall–Kier alpha value is -2.98. The third kappa shape index (κ3) is 7.76. The molecular formula is C25H28F2N2O4S2. The van der Waals surface area contributed by atoms with E-state index in [2.05, 4.69) is 22.6 Å². The summed E-state index contributed by atoms with van der Waals surface area (Å²) in [5, 5.41) is 0. The molecule has 0 aromatic heterocycles. The molecule has 10 heteroatoms. The zero-order valence-corrected chi connectivity index (χ0v) is 21.6. The zero-order valence-electron chi connectivity index (χ0n) is 19.9. The summed E-state index contributed by atoms with van der Waals surface area (Å²) in [6, 6.07) is 21.0. The molecule has 0 aliphatic rings. The van der Waals surface area contributed by atoms with Crippen molar-refractivity contribution in [1.82, 2.24) is 0 Å². The molecular weight excluding hydrogens is 494 g/mol. The van der Waals surface area contributed by atoms with Gasteiger partial charge in [0.1, 0.15) is 11.5 Å². The van der Waals surface area contributed by atoms with Gasteiger partial charge in [0, 0.05) is 11.7 Å². The van der Waals surface area contributed by atoms with Crippen LogP contribution >= 0.6 is 0 Å². The molecule has 3 aromatic carbocycles. The second-order valence-electron chi connectivity index (χ2n) is 8.47. The Morgan fingerprint density at radius 3 is 1.60 bits per heavy atom. The van der Waals surface area contributed by atoms with Crippen LogP contribution in [0, 0.1) is 0 Å². The van der Waals surface area contributed by atoms with E-state index in [9.17, 15) is 16.2 Å². The van der Waals surface area contributed by atoms with Gasteiger partial charge in [-0.05, 0) is 46.5 Å². The molecule has 0 heterocycles. The van der Waals surface area contributed by atoms with Gasteiger partial charge in [0.2, 0.25) is 0 Å². The van der Waals surface area contributed by atoms with Crippen LogP contribution in [0.1, 0.15) is 36.1 Å². The Kier molecular flexibility index (Phi) is 8.17. The molecule has 0 saturated heterocycles. The molecule has 0 bridgehead atoms. The van der Waals surface area contributed by atoms with Gasteiger partial charge in [0.05, 0.1) is 20.2 Å². The first-order valence-electron chi connectivity index (χ1n) is 10.7. The Balaban J connectivity index is 1.67. The van der Waals surface area contributed by atoms with Crippen LogP contribution in [0.3, 0.4) is 0 Å². The fourth-order valence-corrected chi connectivity index (χ4v) is 4.42. The van der Waals surface area contributed by atoms with Gasteiger partial charge < -0.3 is 8.92 Å². The topological polar surface area (TPSA) is 77.3 Å². The van der Waals surface area contributed by atoms with Crippen LogP contribution < -0.4 is 8.92 Å². The highest BCUT2D eigenvalue weighted by Crippen LogP contribution is 2.33. The van der Waals surface area contributed by atoms with E-state index in [-0.39, 0.29) is 24.3 Å². The molecule has 0 aliphatic heterocycles. The van der Waals surface area contributed by atoms with Gasteiger partial charge in [0.25, 0.3) is 0 Å². The molecule has 0 saturated carbocycles. The minimum atomic E-state index is -4.43.